The first-order valence-corrected chi connectivity index (χ1v) is 10.4. The van der Waals surface area contributed by atoms with Crippen LogP contribution in [0.25, 0.3) is 21.1 Å². The number of carbonyl (C=O) groups excluding carboxylic acids is 1. The molecule has 0 saturated heterocycles. The van der Waals surface area contributed by atoms with Gasteiger partial charge in [-0.3, -0.25) is 4.79 Å². The Morgan fingerprint density at radius 1 is 1.08 bits per heavy atom. The van der Waals surface area contributed by atoms with Crippen molar-refractivity contribution in [2.45, 2.75) is 0 Å². The van der Waals surface area contributed by atoms with E-state index in [1.165, 1.54) is 11.3 Å². The van der Waals surface area contributed by atoms with Gasteiger partial charge in [-0.2, -0.15) is 11.3 Å². The quantitative estimate of drug-likeness (QED) is 0.423. The van der Waals surface area contributed by atoms with Crippen molar-refractivity contribution in [2.24, 2.45) is 0 Å². The third kappa shape index (κ3) is 3.52. The summed E-state index contributed by atoms with van der Waals surface area (Å²) in [6.07, 6.45) is 0. The predicted molar refractivity (Wildman–Crippen MR) is 108 cm³/mol. The van der Waals surface area contributed by atoms with Crippen LogP contribution in [-0.4, -0.2) is 10.9 Å². The molecule has 0 atom stereocenters. The summed E-state index contributed by atoms with van der Waals surface area (Å²) in [5, 5.41) is 11.3. The Balaban J connectivity index is 1.70. The summed E-state index contributed by atoms with van der Waals surface area (Å²) >= 11 is 10.6. The molecule has 25 heavy (non-hydrogen) atoms. The standard InChI is InChI=1S/C18H11ClN2OS3/c19-13-5-3-11(4-6-13)16(22)21-18-15(14-2-1-8-24-14)20-17(25-18)12-7-9-23-10-12/h1-10H,(H,21,22). The lowest BCUT2D eigenvalue weighted by molar-refractivity contribution is 0.102. The smallest absolute Gasteiger partial charge is 0.256 e. The van der Waals surface area contributed by atoms with Crippen molar-refractivity contribution in [3.05, 3.63) is 69.2 Å². The number of carbonyl (C=O) groups is 1. The molecule has 0 aliphatic rings. The van der Waals surface area contributed by atoms with Gasteiger partial charge < -0.3 is 5.32 Å². The Kier molecular flexibility index (Phi) is 4.67. The number of hydrogen-bond donors (Lipinski definition) is 1. The Hall–Kier alpha value is -1.99. The molecule has 0 saturated carbocycles. The highest BCUT2D eigenvalue weighted by atomic mass is 35.5. The van der Waals surface area contributed by atoms with E-state index in [0.29, 0.717) is 10.6 Å². The van der Waals surface area contributed by atoms with Crippen molar-refractivity contribution in [3.63, 3.8) is 0 Å². The van der Waals surface area contributed by atoms with Gasteiger partial charge in [-0.25, -0.2) is 4.98 Å². The average molecular weight is 403 g/mol. The van der Waals surface area contributed by atoms with Crippen LogP contribution in [0.5, 0.6) is 0 Å². The zero-order chi connectivity index (χ0) is 17.2. The number of nitrogens with one attached hydrogen (secondary N) is 1. The molecule has 0 aliphatic heterocycles. The van der Waals surface area contributed by atoms with Crippen LogP contribution in [0.1, 0.15) is 10.4 Å². The maximum absolute atomic E-state index is 12.6. The molecule has 1 N–H and O–H groups in total. The van der Waals surface area contributed by atoms with Crippen LogP contribution in [-0.2, 0) is 0 Å². The molecule has 0 spiro atoms. The van der Waals surface area contributed by atoms with Gasteiger partial charge in [0.15, 0.2) is 0 Å². The Labute approximate surface area is 161 Å². The van der Waals surface area contributed by atoms with E-state index in [0.717, 1.165) is 26.1 Å². The van der Waals surface area contributed by atoms with E-state index in [9.17, 15) is 4.79 Å². The number of thiazole rings is 1. The maximum Gasteiger partial charge on any atom is 0.256 e. The van der Waals surface area contributed by atoms with E-state index in [2.05, 4.69) is 10.7 Å². The summed E-state index contributed by atoms with van der Waals surface area (Å²) in [6.45, 7) is 0. The summed E-state index contributed by atoms with van der Waals surface area (Å²) < 4.78 is 0. The van der Waals surface area contributed by atoms with E-state index < -0.39 is 0 Å². The summed E-state index contributed by atoms with van der Waals surface area (Å²) in [7, 11) is 0. The van der Waals surface area contributed by atoms with E-state index in [-0.39, 0.29) is 5.91 Å². The SMILES string of the molecule is O=C(Nc1sc(-c2ccsc2)nc1-c1cccs1)c1ccc(Cl)cc1. The number of halogens is 1. The highest BCUT2D eigenvalue weighted by molar-refractivity contribution is 7.21. The minimum absolute atomic E-state index is 0.171. The predicted octanol–water partition coefficient (Wildman–Crippen LogP) is 6.51. The number of hydrogen-bond acceptors (Lipinski definition) is 5. The molecule has 3 nitrogen and oxygen atoms in total. The van der Waals surface area contributed by atoms with Crippen LogP contribution in [0.4, 0.5) is 5.00 Å². The number of aromatic nitrogens is 1. The van der Waals surface area contributed by atoms with Gasteiger partial charge in [0.05, 0.1) is 4.88 Å². The molecule has 3 aromatic heterocycles. The highest BCUT2D eigenvalue weighted by Crippen LogP contribution is 2.40. The highest BCUT2D eigenvalue weighted by Gasteiger charge is 2.18. The second-order valence-corrected chi connectivity index (χ2v) is 8.31. The average Bonchev–Trinajstić information content (AvgIpc) is 3.36. The Bertz CT molecular complexity index is 990. The van der Waals surface area contributed by atoms with E-state index in [1.807, 2.05) is 29.0 Å². The van der Waals surface area contributed by atoms with Gasteiger partial charge >= 0.3 is 0 Å². The topological polar surface area (TPSA) is 42.0 Å². The molecule has 7 heteroatoms. The Morgan fingerprint density at radius 2 is 1.92 bits per heavy atom. The summed E-state index contributed by atoms with van der Waals surface area (Å²) in [4.78, 5) is 18.4. The summed E-state index contributed by atoms with van der Waals surface area (Å²) in [5.74, 6) is -0.171. The minimum Gasteiger partial charge on any atom is -0.312 e. The first-order chi connectivity index (χ1) is 12.2. The van der Waals surface area contributed by atoms with Crippen molar-refractivity contribution in [1.29, 1.82) is 0 Å². The van der Waals surface area contributed by atoms with Gasteiger partial charge in [-0.15, -0.1) is 11.3 Å². The summed E-state index contributed by atoms with van der Waals surface area (Å²) in [6, 6.07) is 12.9. The third-order valence-electron chi connectivity index (χ3n) is 3.48. The fourth-order valence-electron chi connectivity index (χ4n) is 2.27. The molecule has 4 aromatic rings. The van der Waals surface area contributed by atoms with Crippen molar-refractivity contribution < 1.29 is 4.79 Å². The Morgan fingerprint density at radius 3 is 2.60 bits per heavy atom. The fourth-order valence-corrected chi connectivity index (χ4v) is 4.87. The monoisotopic (exact) mass is 402 g/mol. The molecular formula is C18H11ClN2OS3. The normalized spacial score (nSPS) is 10.8. The van der Waals surface area contributed by atoms with E-state index in [4.69, 9.17) is 16.6 Å². The maximum atomic E-state index is 12.6. The number of rotatable bonds is 4. The molecule has 0 radical (unpaired) electrons. The molecule has 0 aliphatic carbocycles. The van der Waals surface area contributed by atoms with Crippen molar-refractivity contribution in [2.75, 3.05) is 5.32 Å². The van der Waals surface area contributed by atoms with Gasteiger partial charge in [-0.05, 0) is 47.2 Å². The van der Waals surface area contributed by atoms with E-state index >= 15 is 0 Å². The molecule has 1 amide bonds. The number of thiophene rings is 2. The lowest BCUT2D eigenvalue weighted by atomic mass is 10.2. The van der Waals surface area contributed by atoms with Crippen LogP contribution in [0, 0.1) is 0 Å². The summed E-state index contributed by atoms with van der Waals surface area (Å²) in [5.41, 5.74) is 2.44. The molecule has 124 valence electrons. The van der Waals surface area contributed by atoms with Crippen LogP contribution < -0.4 is 5.32 Å². The molecule has 3 heterocycles. The number of nitrogens with zero attached hydrogens (tertiary/aromatic N) is 1. The van der Waals surface area contributed by atoms with Crippen molar-refractivity contribution in [1.82, 2.24) is 4.98 Å². The van der Waals surface area contributed by atoms with Gasteiger partial charge in [0.25, 0.3) is 5.91 Å². The number of amides is 1. The second kappa shape index (κ2) is 7.09. The largest absolute Gasteiger partial charge is 0.312 e. The van der Waals surface area contributed by atoms with Crippen molar-refractivity contribution >= 4 is 56.5 Å². The number of anilines is 1. The first-order valence-electron chi connectivity index (χ1n) is 7.35. The zero-order valence-electron chi connectivity index (χ0n) is 12.7. The van der Waals surface area contributed by atoms with Gasteiger partial charge in [0.2, 0.25) is 0 Å². The number of benzene rings is 1. The van der Waals surface area contributed by atoms with Crippen LogP contribution in [0.15, 0.2) is 58.6 Å². The molecule has 1 aromatic carbocycles. The fraction of sp³-hybridized carbons (Fsp3) is 0. The van der Waals surface area contributed by atoms with Crippen LogP contribution in [0.3, 0.4) is 0 Å². The zero-order valence-corrected chi connectivity index (χ0v) is 15.9. The van der Waals surface area contributed by atoms with E-state index in [1.54, 1.807) is 46.9 Å². The van der Waals surface area contributed by atoms with Gasteiger partial charge in [-0.1, -0.05) is 29.0 Å². The van der Waals surface area contributed by atoms with Crippen LogP contribution >= 0.6 is 45.6 Å². The lowest BCUT2D eigenvalue weighted by Crippen LogP contribution is -2.11. The molecule has 0 unspecified atom stereocenters. The minimum atomic E-state index is -0.171. The first kappa shape index (κ1) is 16.5. The lowest BCUT2D eigenvalue weighted by Gasteiger charge is -2.04. The molecular weight excluding hydrogens is 392 g/mol. The molecule has 4 rings (SSSR count). The van der Waals surface area contributed by atoms with Crippen LogP contribution in [0.2, 0.25) is 5.02 Å². The van der Waals surface area contributed by atoms with Crippen molar-refractivity contribution in [3.8, 4) is 21.1 Å². The van der Waals surface area contributed by atoms with Gasteiger partial charge in [0, 0.05) is 21.5 Å². The molecule has 0 bridgehead atoms. The van der Waals surface area contributed by atoms with Gasteiger partial charge in [0.1, 0.15) is 15.7 Å². The second-order valence-electron chi connectivity index (χ2n) is 5.15. The molecule has 0 fully saturated rings. The third-order valence-corrected chi connectivity index (χ3v) is 6.31.